The van der Waals surface area contributed by atoms with Gasteiger partial charge in [0.25, 0.3) is 0 Å². The number of rotatable bonds is 35. The summed E-state index contributed by atoms with van der Waals surface area (Å²) >= 11 is 0. The van der Waals surface area contributed by atoms with E-state index in [0.717, 1.165) is 38.5 Å². The van der Waals surface area contributed by atoms with Crippen LogP contribution in [0.4, 0.5) is 0 Å². The van der Waals surface area contributed by atoms with Crippen LogP contribution in [0.3, 0.4) is 0 Å². The van der Waals surface area contributed by atoms with Crippen LogP contribution in [0.5, 0.6) is 0 Å². The zero-order valence-corrected chi connectivity index (χ0v) is 30.3. The van der Waals surface area contributed by atoms with E-state index in [0.29, 0.717) is 6.42 Å². The maximum Gasteiger partial charge on any atom is 0.472 e. The second-order valence-corrected chi connectivity index (χ2v) is 14.2. The molecule has 8 nitrogen and oxygen atoms in total. The Morgan fingerprint density at radius 3 is 1.58 bits per heavy atom. The van der Waals surface area contributed by atoms with Gasteiger partial charge < -0.3 is 21.1 Å². The summed E-state index contributed by atoms with van der Waals surface area (Å²) in [6.07, 6.45) is 33.9. The fourth-order valence-electron chi connectivity index (χ4n) is 5.48. The third kappa shape index (κ3) is 31.6. The number of aliphatic hydroxyl groups is 1. The molecule has 0 aliphatic heterocycles. The van der Waals surface area contributed by atoms with Crippen LogP contribution >= 0.6 is 7.82 Å². The minimum absolute atomic E-state index is 0.0810. The van der Waals surface area contributed by atoms with Gasteiger partial charge in [0, 0.05) is 13.0 Å². The molecule has 0 saturated carbocycles. The second kappa shape index (κ2) is 33.2. The molecule has 3 atom stereocenters. The number of phosphoric acid groups is 1. The molecule has 5 N–H and O–H groups in total. The number of hydrogen-bond donors (Lipinski definition) is 4. The Hall–Kier alpha value is -0.760. The summed E-state index contributed by atoms with van der Waals surface area (Å²) in [4.78, 5) is 22.6. The number of nitrogens with one attached hydrogen (secondary N) is 1. The number of hydrogen-bond acceptors (Lipinski definition) is 6. The molecule has 268 valence electrons. The van der Waals surface area contributed by atoms with E-state index < -0.39 is 20.0 Å². The average molecular weight is 661 g/mol. The summed E-state index contributed by atoms with van der Waals surface area (Å²) in [7, 11) is -4.32. The van der Waals surface area contributed by atoms with Gasteiger partial charge in [0.1, 0.15) is 0 Å². The highest BCUT2D eigenvalue weighted by Crippen LogP contribution is 2.43. The standard InChI is InChI=1S/C36H73N2O6P/c1-3-5-7-9-11-13-15-17-19-21-23-25-27-29-35(39)34(33-44-45(41,42)43-32-31-37)38-36(40)30-28-26-24-22-20-18-16-14-12-10-8-6-4-2/h27,29,34-35,39H,3-26,28,30-33,37H2,1-2H3,(H,38,40)(H,41,42)/b29-27+/t34-,35+/m1/s1. The van der Waals surface area contributed by atoms with Crippen LogP contribution in [0, 0.1) is 0 Å². The Kier molecular flexibility index (Phi) is 32.6. The molecule has 0 aromatic carbocycles. The number of amides is 1. The molecule has 0 aromatic rings. The van der Waals surface area contributed by atoms with Gasteiger partial charge in [-0.15, -0.1) is 0 Å². The molecule has 0 bridgehead atoms. The van der Waals surface area contributed by atoms with Crippen LogP contribution in [0.25, 0.3) is 0 Å². The molecule has 9 heteroatoms. The molecule has 1 unspecified atom stereocenters. The van der Waals surface area contributed by atoms with E-state index in [1.807, 2.05) is 6.08 Å². The van der Waals surface area contributed by atoms with Crippen molar-refractivity contribution in [3.05, 3.63) is 12.2 Å². The van der Waals surface area contributed by atoms with Crippen molar-refractivity contribution in [3.8, 4) is 0 Å². The van der Waals surface area contributed by atoms with Gasteiger partial charge in [-0.1, -0.05) is 167 Å². The lowest BCUT2D eigenvalue weighted by molar-refractivity contribution is -0.123. The van der Waals surface area contributed by atoms with Gasteiger partial charge in [-0.25, -0.2) is 4.57 Å². The van der Waals surface area contributed by atoms with Gasteiger partial charge in [0.15, 0.2) is 0 Å². The average Bonchev–Trinajstić information content (AvgIpc) is 3.02. The summed E-state index contributed by atoms with van der Waals surface area (Å²) in [5, 5.41) is 13.6. The van der Waals surface area contributed by atoms with E-state index in [9.17, 15) is 19.4 Å². The van der Waals surface area contributed by atoms with Gasteiger partial charge in [-0.2, -0.15) is 0 Å². The van der Waals surface area contributed by atoms with Crippen LogP contribution in [-0.4, -0.2) is 47.8 Å². The van der Waals surface area contributed by atoms with E-state index in [4.69, 9.17) is 14.8 Å². The predicted molar refractivity (Wildman–Crippen MR) is 189 cm³/mol. The summed E-state index contributed by atoms with van der Waals surface area (Å²) in [6, 6.07) is -0.852. The Balaban J connectivity index is 4.31. The molecule has 0 aromatic heterocycles. The Bertz CT molecular complexity index is 724. The third-order valence-electron chi connectivity index (χ3n) is 8.36. The number of allylic oxidation sites excluding steroid dienone is 1. The van der Waals surface area contributed by atoms with Crippen molar-refractivity contribution < 1.29 is 28.4 Å². The topological polar surface area (TPSA) is 131 Å². The summed E-state index contributed by atoms with van der Waals surface area (Å²) in [5.41, 5.74) is 5.35. The fourth-order valence-corrected chi connectivity index (χ4v) is 6.24. The van der Waals surface area contributed by atoms with Crippen molar-refractivity contribution in [2.75, 3.05) is 19.8 Å². The number of phosphoric ester groups is 1. The lowest BCUT2D eigenvalue weighted by Crippen LogP contribution is -2.45. The summed E-state index contributed by atoms with van der Waals surface area (Å²) in [6.45, 7) is 4.12. The molecule has 0 radical (unpaired) electrons. The first-order valence-electron chi connectivity index (χ1n) is 18.8. The maximum absolute atomic E-state index is 12.7. The number of carbonyl (C=O) groups is 1. The summed E-state index contributed by atoms with van der Waals surface area (Å²) < 4.78 is 22.0. The van der Waals surface area contributed by atoms with Crippen molar-refractivity contribution in [1.82, 2.24) is 5.32 Å². The van der Waals surface area contributed by atoms with E-state index in [1.54, 1.807) is 6.08 Å². The van der Waals surface area contributed by atoms with Gasteiger partial charge in [-0.05, 0) is 19.3 Å². The van der Waals surface area contributed by atoms with Crippen LogP contribution in [0.1, 0.15) is 181 Å². The molecule has 0 saturated heterocycles. The molecule has 0 aliphatic carbocycles. The minimum Gasteiger partial charge on any atom is -0.387 e. The monoisotopic (exact) mass is 661 g/mol. The van der Waals surface area contributed by atoms with Gasteiger partial charge >= 0.3 is 7.82 Å². The molecular weight excluding hydrogens is 587 g/mol. The number of carbonyl (C=O) groups excluding carboxylic acids is 1. The molecule has 0 fully saturated rings. The first-order chi connectivity index (χ1) is 21.9. The zero-order chi connectivity index (χ0) is 33.3. The number of nitrogens with two attached hydrogens (primary N) is 1. The molecule has 0 aliphatic rings. The summed E-state index contributed by atoms with van der Waals surface area (Å²) in [5.74, 6) is -0.194. The highest BCUT2D eigenvalue weighted by molar-refractivity contribution is 7.47. The van der Waals surface area contributed by atoms with Crippen molar-refractivity contribution in [3.63, 3.8) is 0 Å². The fraction of sp³-hybridized carbons (Fsp3) is 0.917. The molecule has 1 amide bonds. The first kappa shape index (κ1) is 44.2. The minimum atomic E-state index is -4.32. The van der Waals surface area contributed by atoms with Crippen LogP contribution in [-0.2, 0) is 18.4 Å². The third-order valence-corrected chi connectivity index (χ3v) is 9.35. The quantitative estimate of drug-likeness (QED) is 0.0302. The SMILES string of the molecule is CCCCCCCCCCCCC/C=C/[C@H](O)[C@@H](COP(=O)(O)OCCN)NC(=O)CCCCCCCCCCCCCCC. The predicted octanol–water partition coefficient (Wildman–Crippen LogP) is 9.66. The van der Waals surface area contributed by atoms with Gasteiger partial charge in [0.05, 0.1) is 25.4 Å². The van der Waals surface area contributed by atoms with E-state index in [-0.39, 0.29) is 25.7 Å². The molecular formula is C36H73N2O6P. The van der Waals surface area contributed by atoms with Gasteiger partial charge in [-0.3, -0.25) is 13.8 Å². The number of aliphatic hydroxyl groups excluding tert-OH is 1. The Morgan fingerprint density at radius 1 is 0.711 bits per heavy atom. The highest BCUT2D eigenvalue weighted by atomic mass is 31.2. The van der Waals surface area contributed by atoms with Crippen molar-refractivity contribution in [1.29, 1.82) is 0 Å². The first-order valence-corrected chi connectivity index (χ1v) is 20.3. The zero-order valence-electron chi connectivity index (χ0n) is 29.4. The Labute approximate surface area is 277 Å². The highest BCUT2D eigenvalue weighted by Gasteiger charge is 2.26. The smallest absolute Gasteiger partial charge is 0.387 e. The van der Waals surface area contributed by atoms with Crippen molar-refractivity contribution in [2.24, 2.45) is 5.73 Å². The van der Waals surface area contributed by atoms with Crippen LogP contribution in [0.2, 0.25) is 0 Å². The lowest BCUT2D eigenvalue weighted by atomic mass is 10.0. The lowest BCUT2D eigenvalue weighted by Gasteiger charge is -2.23. The van der Waals surface area contributed by atoms with Crippen LogP contribution in [0.15, 0.2) is 12.2 Å². The van der Waals surface area contributed by atoms with Gasteiger partial charge in [0.2, 0.25) is 5.91 Å². The molecule has 45 heavy (non-hydrogen) atoms. The van der Waals surface area contributed by atoms with Crippen LogP contribution < -0.4 is 11.1 Å². The van der Waals surface area contributed by atoms with Crippen molar-refractivity contribution >= 4 is 13.7 Å². The molecule has 0 heterocycles. The largest absolute Gasteiger partial charge is 0.472 e. The number of unbranched alkanes of at least 4 members (excludes halogenated alkanes) is 23. The normalized spacial score (nSPS) is 14.5. The maximum atomic E-state index is 12.7. The van der Waals surface area contributed by atoms with E-state index in [2.05, 4.69) is 19.2 Å². The Morgan fingerprint density at radius 2 is 1.13 bits per heavy atom. The van der Waals surface area contributed by atoms with Crippen molar-refractivity contribution in [2.45, 2.75) is 193 Å². The molecule has 0 rings (SSSR count). The molecule has 0 spiro atoms. The second-order valence-electron chi connectivity index (χ2n) is 12.8. The van der Waals surface area contributed by atoms with E-state index >= 15 is 0 Å². The van der Waals surface area contributed by atoms with E-state index in [1.165, 1.54) is 122 Å².